The van der Waals surface area contributed by atoms with Crippen molar-refractivity contribution in [3.8, 4) is 0 Å². The Bertz CT molecular complexity index is 1130. The SMILES string of the molecule is Cc1nc2nc(C(F)(F)F)nn2c(C)c1CC(=O)N1CCN(C(=O)c2cccs2)CC1. The zero-order valence-electron chi connectivity index (χ0n) is 16.8. The molecule has 0 aromatic carbocycles. The van der Waals surface area contributed by atoms with Crippen molar-refractivity contribution in [1.29, 1.82) is 0 Å². The number of aromatic nitrogens is 4. The van der Waals surface area contributed by atoms with Crippen molar-refractivity contribution < 1.29 is 22.8 Å². The van der Waals surface area contributed by atoms with E-state index in [2.05, 4.69) is 15.1 Å². The minimum atomic E-state index is -4.68. The summed E-state index contributed by atoms with van der Waals surface area (Å²) in [6.07, 6.45) is -4.69. The minimum Gasteiger partial charge on any atom is -0.339 e. The van der Waals surface area contributed by atoms with Gasteiger partial charge in [-0.05, 0) is 25.3 Å². The summed E-state index contributed by atoms with van der Waals surface area (Å²) < 4.78 is 39.8. The molecule has 0 atom stereocenters. The molecule has 1 aliphatic rings. The molecule has 1 saturated heterocycles. The largest absolute Gasteiger partial charge is 0.453 e. The maximum Gasteiger partial charge on any atom is 0.453 e. The summed E-state index contributed by atoms with van der Waals surface area (Å²) in [5.74, 6) is -1.64. The molecule has 0 aliphatic carbocycles. The van der Waals surface area contributed by atoms with Crippen LogP contribution in [0, 0.1) is 13.8 Å². The van der Waals surface area contributed by atoms with Crippen molar-refractivity contribution >= 4 is 28.9 Å². The Balaban J connectivity index is 1.47. The van der Waals surface area contributed by atoms with Crippen LogP contribution in [0.3, 0.4) is 0 Å². The number of amides is 2. The van der Waals surface area contributed by atoms with Gasteiger partial charge in [-0.2, -0.15) is 18.2 Å². The first-order valence-corrected chi connectivity index (χ1v) is 10.4. The van der Waals surface area contributed by atoms with E-state index in [1.807, 2.05) is 11.4 Å². The Hall–Kier alpha value is -3.02. The number of thiophene rings is 1. The summed E-state index contributed by atoms with van der Waals surface area (Å²) in [4.78, 5) is 36.9. The van der Waals surface area contributed by atoms with E-state index in [0.717, 1.165) is 4.52 Å². The highest BCUT2D eigenvalue weighted by molar-refractivity contribution is 7.12. The summed E-state index contributed by atoms with van der Waals surface area (Å²) in [5.41, 5.74) is 1.35. The molecule has 12 heteroatoms. The van der Waals surface area contributed by atoms with Gasteiger partial charge < -0.3 is 9.80 Å². The number of piperazine rings is 1. The lowest BCUT2D eigenvalue weighted by atomic mass is 10.1. The zero-order chi connectivity index (χ0) is 22.3. The average molecular weight is 452 g/mol. The molecule has 0 unspecified atom stereocenters. The maximum absolute atomic E-state index is 12.9. The first-order valence-electron chi connectivity index (χ1n) is 9.55. The summed E-state index contributed by atoms with van der Waals surface area (Å²) in [5, 5.41) is 5.35. The number of nitrogens with zero attached hydrogens (tertiary/aromatic N) is 6. The molecule has 0 radical (unpaired) electrons. The summed E-state index contributed by atoms with van der Waals surface area (Å²) >= 11 is 1.38. The molecule has 0 bridgehead atoms. The molecule has 0 saturated carbocycles. The fraction of sp³-hybridized carbons (Fsp3) is 0.421. The van der Waals surface area contributed by atoms with Crippen LogP contribution in [0.25, 0.3) is 5.78 Å². The highest BCUT2D eigenvalue weighted by atomic mass is 32.1. The van der Waals surface area contributed by atoms with Crippen LogP contribution in [0.4, 0.5) is 13.2 Å². The van der Waals surface area contributed by atoms with Gasteiger partial charge in [0.15, 0.2) is 0 Å². The molecule has 3 aromatic heterocycles. The number of hydrogen-bond acceptors (Lipinski definition) is 6. The highest BCUT2D eigenvalue weighted by Gasteiger charge is 2.37. The quantitative estimate of drug-likeness (QED) is 0.609. The molecule has 3 aromatic rings. The first-order chi connectivity index (χ1) is 14.6. The van der Waals surface area contributed by atoms with Gasteiger partial charge in [0.1, 0.15) is 0 Å². The lowest BCUT2D eigenvalue weighted by molar-refractivity contribution is -0.144. The van der Waals surface area contributed by atoms with E-state index in [-0.39, 0.29) is 24.0 Å². The van der Waals surface area contributed by atoms with Crippen LogP contribution < -0.4 is 0 Å². The van der Waals surface area contributed by atoms with Crippen LogP contribution in [0.2, 0.25) is 0 Å². The second kappa shape index (κ2) is 7.91. The number of aryl methyl sites for hydroxylation is 2. The van der Waals surface area contributed by atoms with E-state index >= 15 is 0 Å². The van der Waals surface area contributed by atoms with Crippen LogP contribution >= 0.6 is 11.3 Å². The predicted octanol–water partition coefficient (Wildman–Crippen LogP) is 2.35. The fourth-order valence-corrected chi connectivity index (χ4v) is 4.25. The van der Waals surface area contributed by atoms with Crippen LogP contribution in [0.5, 0.6) is 0 Å². The molecule has 31 heavy (non-hydrogen) atoms. The van der Waals surface area contributed by atoms with E-state index in [1.165, 1.54) is 11.3 Å². The topological polar surface area (TPSA) is 83.7 Å². The second-order valence-electron chi connectivity index (χ2n) is 7.23. The van der Waals surface area contributed by atoms with E-state index in [1.54, 1.807) is 29.7 Å². The number of alkyl halides is 3. The van der Waals surface area contributed by atoms with Gasteiger partial charge in [0, 0.05) is 43.1 Å². The number of hydrogen-bond donors (Lipinski definition) is 0. The maximum atomic E-state index is 12.9. The van der Waals surface area contributed by atoms with E-state index < -0.39 is 12.0 Å². The minimum absolute atomic E-state index is 0.0132. The molecular weight excluding hydrogens is 433 g/mol. The van der Waals surface area contributed by atoms with E-state index in [0.29, 0.717) is 48.0 Å². The van der Waals surface area contributed by atoms with Crippen molar-refractivity contribution in [1.82, 2.24) is 29.4 Å². The number of rotatable bonds is 3. The van der Waals surface area contributed by atoms with Crippen molar-refractivity contribution in [3.63, 3.8) is 0 Å². The molecule has 1 fully saturated rings. The zero-order valence-corrected chi connectivity index (χ0v) is 17.6. The second-order valence-corrected chi connectivity index (χ2v) is 8.18. The van der Waals surface area contributed by atoms with Gasteiger partial charge in [-0.1, -0.05) is 6.07 Å². The lowest BCUT2D eigenvalue weighted by Gasteiger charge is -2.34. The molecule has 8 nitrogen and oxygen atoms in total. The van der Waals surface area contributed by atoms with Crippen LogP contribution in [-0.4, -0.2) is 67.4 Å². The smallest absolute Gasteiger partial charge is 0.339 e. The molecule has 164 valence electrons. The van der Waals surface area contributed by atoms with Gasteiger partial charge in [0.2, 0.25) is 5.91 Å². The van der Waals surface area contributed by atoms with Gasteiger partial charge in [-0.15, -0.1) is 16.4 Å². The van der Waals surface area contributed by atoms with Gasteiger partial charge in [-0.3, -0.25) is 9.59 Å². The van der Waals surface area contributed by atoms with Crippen molar-refractivity contribution in [3.05, 3.63) is 45.2 Å². The predicted molar refractivity (Wildman–Crippen MR) is 106 cm³/mol. The lowest BCUT2D eigenvalue weighted by Crippen LogP contribution is -2.51. The van der Waals surface area contributed by atoms with Gasteiger partial charge in [0.05, 0.1) is 11.3 Å². The van der Waals surface area contributed by atoms with E-state index in [9.17, 15) is 22.8 Å². The summed E-state index contributed by atoms with van der Waals surface area (Å²) in [7, 11) is 0. The first kappa shape index (κ1) is 21.2. The Kier molecular flexibility index (Phi) is 5.42. The van der Waals surface area contributed by atoms with Crippen LogP contribution in [0.1, 0.15) is 32.4 Å². The number of carbonyl (C=O) groups excluding carboxylic acids is 2. The Morgan fingerprint density at radius 3 is 2.39 bits per heavy atom. The van der Waals surface area contributed by atoms with Crippen LogP contribution in [0.15, 0.2) is 17.5 Å². The summed E-state index contributed by atoms with van der Waals surface area (Å²) in [6.45, 7) is 4.87. The fourth-order valence-electron chi connectivity index (χ4n) is 3.56. The van der Waals surface area contributed by atoms with Crippen molar-refractivity contribution in [2.24, 2.45) is 0 Å². The standard InChI is InChI=1S/C19H19F3N6O2S/c1-11-13(12(2)28-18(23-11)24-17(25-28)19(20,21)22)10-15(29)26-5-7-27(8-6-26)16(30)14-4-3-9-31-14/h3-4,9H,5-8,10H2,1-2H3. The van der Waals surface area contributed by atoms with Crippen LogP contribution in [-0.2, 0) is 17.4 Å². The molecule has 0 N–H and O–H groups in total. The van der Waals surface area contributed by atoms with Crippen molar-refractivity contribution in [2.45, 2.75) is 26.4 Å². The molecule has 2 amide bonds. The third-order valence-electron chi connectivity index (χ3n) is 5.28. The van der Waals surface area contributed by atoms with Crippen molar-refractivity contribution in [2.75, 3.05) is 26.2 Å². The number of carbonyl (C=O) groups is 2. The van der Waals surface area contributed by atoms with Gasteiger partial charge in [-0.25, -0.2) is 9.50 Å². The highest BCUT2D eigenvalue weighted by Crippen LogP contribution is 2.27. The van der Waals surface area contributed by atoms with Gasteiger partial charge in [0.25, 0.3) is 17.5 Å². The van der Waals surface area contributed by atoms with Gasteiger partial charge >= 0.3 is 6.18 Å². The molecule has 4 rings (SSSR count). The molecular formula is C19H19F3N6O2S. The molecule has 0 spiro atoms. The third kappa shape index (κ3) is 4.11. The normalized spacial score (nSPS) is 15.0. The Morgan fingerprint density at radius 2 is 1.77 bits per heavy atom. The summed E-state index contributed by atoms with van der Waals surface area (Å²) in [6, 6.07) is 3.59. The monoisotopic (exact) mass is 452 g/mol. The molecule has 1 aliphatic heterocycles. The Morgan fingerprint density at radius 1 is 1.10 bits per heavy atom. The third-order valence-corrected chi connectivity index (χ3v) is 6.14. The number of fused-ring (bicyclic) bond motifs is 1. The van der Waals surface area contributed by atoms with E-state index in [4.69, 9.17) is 0 Å². The average Bonchev–Trinajstić information content (AvgIpc) is 3.40. The molecule has 4 heterocycles. The Labute approximate surface area is 179 Å². The number of halogens is 3.